The van der Waals surface area contributed by atoms with Gasteiger partial charge in [-0.15, -0.1) is 0 Å². The van der Waals surface area contributed by atoms with E-state index in [4.69, 9.17) is 5.73 Å². The van der Waals surface area contributed by atoms with Gasteiger partial charge in [0.05, 0.1) is 5.56 Å². The predicted octanol–water partition coefficient (Wildman–Crippen LogP) is 3.03. The quantitative estimate of drug-likeness (QED) is 0.853. The van der Waals surface area contributed by atoms with Crippen LogP contribution in [0.2, 0.25) is 0 Å². The summed E-state index contributed by atoms with van der Waals surface area (Å²) in [4.78, 5) is 14.2. The third-order valence-corrected chi connectivity index (χ3v) is 3.21. The van der Waals surface area contributed by atoms with Crippen LogP contribution in [0.5, 0.6) is 0 Å². The number of nitrogens with two attached hydrogens (primary N) is 1. The summed E-state index contributed by atoms with van der Waals surface area (Å²) >= 11 is 0. The van der Waals surface area contributed by atoms with Crippen LogP contribution in [0.3, 0.4) is 0 Å². The van der Waals surface area contributed by atoms with E-state index in [1.165, 1.54) is 12.1 Å². The van der Waals surface area contributed by atoms with Crippen molar-refractivity contribution in [3.05, 3.63) is 53.3 Å². The molecule has 0 aromatic heterocycles. The third kappa shape index (κ3) is 3.31. The Kier molecular flexibility index (Phi) is 4.12. The van der Waals surface area contributed by atoms with Gasteiger partial charge in [-0.1, -0.05) is 6.07 Å². The minimum absolute atomic E-state index is 0.118. The molecule has 0 atom stereocenters. The summed E-state index contributed by atoms with van der Waals surface area (Å²) in [7, 11) is 3.87. The molecule has 0 aliphatic carbocycles. The summed E-state index contributed by atoms with van der Waals surface area (Å²) < 4.78 is 13.0. The molecule has 2 rings (SSSR count). The zero-order valence-electron chi connectivity index (χ0n) is 12.3. The van der Waals surface area contributed by atoms with Crippen LogP contribution < -0.4 is 16.0 Å². The number of benzene rings is 2. The van der Waals surface area contributed by atoms with Gasteiger partial charge < -0.3 is 16.0 Å². The number of nitrogens with zero attached hydrogens (tertiary/aromatic N) is 1. The lowest BCUT2D eigenvalue weighted by atomic mass is 10.1. The van der Waals surface area contributed by atoms with Crippen molar-refractivity contribution in [2.45, 2.75) is 6.92 Å². The minimum atomic E-state index is -0.464. The van der Waals surface area contributed by atoms with Crippen molar-refractivity contribution in [3.8, 4) is 0 Å². The van der Waals surface area contributed by atoms with Crippen LogP contribution >= 0.6 is 0 Å². The Labute approximate surface area is 123 Å². The van der Waals surface area contributed by atoms with E-state index in [2.05, 4.69) is 5.32 Å². The van der Waals surface area contributed by atoms with Gasteiger partial charge in [0.2, 0.25) is 0 Å². The molecule has 110 valence electrons. The smallest absolute Gasteiger partial charge is 0.257 e. The van der Waals surface area contributed by atoms with Crippen LogP contribution in [-0.4, -0.2) is 20.0 Å². The summed E-state index contributed by atoms with van der Waals surface area (Å²) in [6, 6.07) is 9.36. The van der Waals surface area contributed by atoms with E-state index in [9.17, 15) is 9.18 Å². The van der Waals surface area contributed by atoms with E-state index < -0.39 is 5.82 Å². The van der Waals surface area contributed by atoms with Crippen molar-refractivity contribution in [3.63, 3.8) is 0 Å². The molecule has 21 heavy (non-hydrogen) atoms. The Hall–Kier alpha value is -2.56. The number of halogens is 1. The highest BCUT2D eigenvalue weighted by Gasteiger charge is 2.11. The molecule has 1 amide bonds. The second kappa shape index (κ2) is 5.83. The summed E-state index contributed by atoms with van der Waals surface area (Å²) in [5.41, 5.74) is 8.83. The summed E-state index contributed by atoms with van der Waals surface area (Å²) in [5, 5.41) is 2.77. The molecular formula is C16H18FN3O. The van der Waals surface area contributed by atoms with Crippen LogP contribution in [0.4, 0.5) is 21.5 Å². The van der Waals surface area contributed by atoms with Crippen LogP contribution in [0.15, 0.2) is 36.4 Å². The molecule has 0 saturated heterocycles. The zero-order valence-corrected chi connectivity index (χ0v) is 12.3. The Balaban J connectivity index is 2.25. The normalized spacial score (nSPS) is 10.3. The van der Waals surface area contributed by atoms with Crippen LogP contribution in [0, 0.1) is 12.7 Å². The number of nitrogen functional groups attached to an aromatic ring is 1. The Morgan fingerprint density at radius 2 is 1.90 bits per heavy atom. The number of rotatable bonds is 3. The van der Waals surface area contributed by atoms with Gasteiger partial charge >= 0.3 is 0 Å². The van der Waals surface area contributed by atoms with E-state index in [1.807, 2.05) is 44.1 Å². The van der Waals surface area contributed by atoms with E-state index in [0.29, 0.717) is 5.69 Å². The maximum atomic E-state index is 13.0. The molecule has 4 nitrogen and oxygen atoms in total. The fraction of sp³-hybridized carbons (Fsp3) is 0.188. The van der Waals surface area contributed by atoms with Crippen LogP contribution in [0.25, 0.3) is 0 Å². The Morgan fingerprint density at radius 3 is 2.52 bits per heavy atom. The van der Waals surface area contributed by atoms with Crippen molar-refractivity contribution in [2.75, 3.05) is 30.0 Å². The minimum Gasteiger partial charge on any atom is -0.398 e. The Morgan fingerprint density at radius 1 is 1.19 bits per heavy atom. The van der Waals surface area contributed by atoms with Crippen molar-refractivity contribution in [1.29, 1.82) is 0 Å². The number of aryl methyl sites for hydroxylation is 1. The first-order valence-corrected chi connectivity index (χ1v) is 6.53. The summed E-state index contributed by atoms with van der Waals surface area (Å²) in [5.74, 6) is -0.824. The lowest BCUT2D eigenvalue weighted by Crippen LogP contribution is -2.15. The van der Waals surface area contributed by atoms with Gasteiger partial charge in [-0.3, -0.25) is 4.79 Å². The number of carbonyl (C=O) groups excluding carboxylic acids is 1. The first kappa shape index (κ1) is 14.8. The molecule has 0 bridgehead atoms. The van der Waals surface area contributed by atoms with Crippen molar-refractivity contribution in [1.82, 2.24) is 0 Å². The number of amides is 1. The molecule has 0 aliphatic heterocycles. The number of hydrogen-bond acceptors (Lipinski definition) is 3. The standard InChI is InChI=1S/C16H18FN3O/c1-10-4-6-12(9-15(10)20(2)3)19-16(21)13-7-5-11(17)8-14(13)18/h4-9H,18H2,1-3H3,(H,19,21). The third-order valence-electron chi connectivity index (χ3n) is 3.21. The molecule has 0 heterocycles. The van der Waals surface area contributed by atoms with Gasteiger partial charge in [0.1, 0.15) is 5.82 Å². The molecule has 0 aliphatic rings. The highest BCUT2D eigenvalue weighted by Crippen LogP contribution is 2.23. The van der Waals surface area contributed by atoms with E-state index >= 15 is 0 Å². The van der Waals surface area contributed by atoms with Gasteiger partial charge in [-0.2, -0.15) is 0 Å². The topological polar surface area (TPSA) is 58.4 Å². The maximum absolute atomic E-state index is 13.0. The second-order valence-electron chi connectivity index (χ2n) is 5.08. The molecule has 2 aromatic carbocycles. The molecule has 3 N–H and O–H groups in total. The molecule has 0 saturated carbocycles. The number of anilines is 3. The zero-order chi connectivity index (χ0) is 15.6. The fourth-order valence-corrected chi connectivity index (χ4v) is 2.11. The highest BCUT2D eigenvalue weighted by molar-refractivity contribution is 6.07. The first-order chi connectivity index (χ1) is 9.88. The highest BCUT2D eigenvalue weighted by atomic mass is 19.1. The molecule has 5 heteroatoms. The van der Waals surface area contributed by atoms with Crippen molar-refractivity contribution in [2.24, 2.45) is 0 Å². The molecular weight excluding hydrogens is 269 g/mol. The Bertz CT molecular complexity index is 683. The first-order valence-electron chi connectivity index (χ1n) is 6.53. The largest absolute Gasteiger partial charge is 0.398 e. The number of carbonyl (C=O) groups is 1. The predicted molar refractivity (Wildman–Crippen MR) is 84.3 cm³/mol. The van der Waals surface area contributed by atoms with Gasteiger partial charge in [-0.25, -0.2) is 4.39 Å². The maximum Gasteiger partial charge on any atom is 0.257 e. The lowest BCUT2D eigenvalue weighted by molar-refractivity contribution is 0.102. The van der Waals surface area contributed by atoms with E-state index in [-0.39, 0.29) is 17.2 Å². The lowest BCUT2D eigenvalue weighted by Gasteiger charge is -2.17. The number of hydrogen-bond donors (Lipinski definition) is 2. The van der Waals surface area contributed by atoms with E-state index in [1.54, 1.807) is 0 Å². The van der Waals surface area contributed by atoms with E-state index in [0.717, 1.165) is 17.3 Å². The fourth-order valence-electron chi connectivity index (χ4n) is 2.11. The van der Waals surface area contributed by atoms with Gasteiger partial charge in [0, 0.05) is 31.2 Å². The molecule has 2 aromatic rings. The summed E-state index contributed by atoms with van der Waals surface area (Å²) in [6.45, 7) is 2.00. The van der Waals surface area contributed by atoms with Gasteiger partial charge in [0.25, 0.3) is 5.91 Å². The van der Waals surface area contributed by atoms with Crippen molar-refractivity contribution < 1.29 is 9.18 Å². The second-order valence-corrected chi connectivity index (χ2v) is 5.08. The number of nitrogens with one attached hydrogen (secondary N) is 1. The SMILES string of the molecule is Cc1ccc(NC(=O)c2ccc(F)cc2N)cc1N(C)C. The average Bonchev–Trinajstić information content (AvgIpc) is 2.40. The molecule has 0 spiro atoms. The molecule has 0 radical (unpaired) electrons. The van der Waals surface area contributed by atoms with Crippen molar-refractivity contribution >= 4 is 23.0 Å². The molecule has 0 unspecified atom stereocenters. The van der Waals surface area contributed by atoms with Crippen LogP contribution in [0.1, 0.15) is 15.9 Å². The van der Waals surface area contributed by atoms with Gasteiger partial charge in [-0.05, 0) is 42.8 Å². The average molecular weight is 287 g/mol. The monoisotopic (exact) mass is 287 g/mol. The van der Waals surface area contributed by atoms with Gasteiger partial charge in [0.15, 0.2) is 0 Å². The summed E-state index contributed by atoms with van der Waals surface area (Å²) in [6.07, 6.45) is 0. The molecule has 0 fully saturated rings. The van der Waals surface area contributed by atoms with Crippen LogP contribution in [-0.2, 0) is 0 Å².